The fourth-order valence-electron chi connectivity index (χ4n) is 3.16. The molecule has 0 amide bonds. The van der Waals surface area contributed by atoms with Crippen molar-refractivity contribution in [2.45, 2.75) is 19.5 Å². The number of aromatic amines is 1. The number of rotatable bonds is 3. The molecule has 3 aromatic rings. The Hall–Kier alpha value is -3.54. The van der Waals surface area contributed by atoms with Crippen LogP contribution in [0.5, 0.6) is 0 Å². The molecular weight excluding hydrogens is 337 g/mol. The lowest BCUT2D eigenvalue weighted by molar-refractivity contribution is 0.612. The smallest absolute Gasteiger partial charge is 0.284 e. The van der Waals surface area contributed by atoms with Crippen LogP contribution in [-0.4, -0.2) is 31.3 Å². The summed E-state index contributed by atoms with van der Waals surface area (Å²) in [6, 6.07) is 3.38. The van der Waals surface area contributed by atoms with Crippen LogP contribution in [0.25, 0.3) is 0 Å². The van der Waals surface area contributed by atoms with Crippen molar-refractivity contribution in [3.8, 4) is 6.07 Å². The molecule has 0 aliphatic carbocycles. The number of fused-ring (bicyclic) bond motifs is 1. The number of H-pyrrole nitrogens is 1. The van der Waals surface area contributed by atoms with Crippen LogP contribution in [0.2, 0.25) is 0 Å². The van der Waals surface area contributed by atoms with Crippen molar-refractivity contribution in [1.29, 1.82) is 5.26 Å². The summed E-state index contributed by atoms with van der Waals surface area (Å²) >= 11 is 0. The van der Waals surface area contributed by atoms with E-state index in [-0.39, 0.29) is 11.4 Å². The molecule has 9 heteroatoms. The first-order valence-electron chi connectivity index (χ1n) is 8.00. The average molecular weight is 351 g/mol. The first kappa shape index (κ1) is 16.0. The second-order valence-corrected chi connectivity index (χ2v) is 6.02. The van der Waals surface area contributed by atoms with Crippen molar-refractivity contribution in [3.05, 3.63) is 69.7 Å². The summed E-state index contributed by atoms with van der Waals surface area (Å²) in [4.78, 5) is 22.1. The van der Waals surface area contributed by atoms with Crippen LogP contribution in [0.4, 0.5) is 10.1 Å². The third-order valence-electron chi connectivity index (χ3n) is 4.39. The normalized spacial score (nSPS) is 13.3. The van der Waals surface area contributed by atoms with Crippen molar-refractivity contribution in [3.63, 3.8) is 0 Å². The zero-order valence-corrected chi connectivity index (χ0v) is 13.7. The van der Waals surface area contributed by atoms with E-state index in [1.807, 2.05) is 15.5 Å². The van der Waals surface area contributed by atoms with Crippen LogP contribution in [-0.2, 0) is 19.5 Å². The van der Waals surface area contributed by atoms with Crippen LogP contribution in [0, 0.1) is 17.1 Å². The molecule has 1 N–H and O–H groups in total. The summed E-state index contributed by atoms with van der Waals surface area (Å²) in [5.74, 6) is -0.383. The minimum Gasteiger partial charge on any atom is -0.363 e. The molecule has 0 unspecified atom stereocenters. The van der Waals surface area contributed by atoms with Gasteiger partial charge in [0, 0.05) is 19.2 Å². The van der Waals surface area contributed by atoms with Gasteiger partial charge in [-0.05, 0) is 11.6 Å². The molecule has 3 aromatic heterocycles. The Morgan fingerprint density at radius 1 is 1.35 bits per heavy atom. The maximum Gasteiger partial charge on any atom is 0.284 e. The van der Waals surface area contributed by atoms with Crippen molar-refractivity contribution in [1.82, 2.24) is 24.7 Å². The largest absolute Gasteiger partial charge is 0.363 e. The number of aromatic nitrogens is 5. The number of halogens is 1. The zero-order valence-electron chi connectivity index (χ0n) is 13.7. The summed E-state index contributed by atoms with van der Waals surface area (Å²) in [6.07, 6.45) is 6.67. The third-order valence-corrected chi connectivity index (χ3v) is 4.39. The first-order valence-corrected chi connectivity index (χ1v) is 8.00. The predicted molar refractivity (Wildman–Crippen MR) is 89.9 cm³/mol. The van der Waals surface area contributed by atoms with E-state index in [9.17, 15) is 14.4 Å². The van der Waals surface area contributed by atoms with Crippen LogP contribution in [0.15, 0.2) is 35.8 Å². The molecule has 4 heterocycles. The van der Waals surface area contributed by atoms with Gasteiger partial charge in [0.1, 0.15) is 17.4 Å². The maximum absolute atomic E-state index is 13.4. The number of imidazole rings is 1. The zero-order chi connectivity index (χ0) is 18.1. The molecule has 0 saturated heterocycles. The average Bonchev–Trinajstić information content (AvgIpc) is 3.03. The summed E-state index contributed by atoms with van der Waals surface area (Å²) < 4.78 is 15.3. The van der Waals surface area contributed by atoms with Crippen LogP contribution in [0.1, 0.15) is 22.5 Å². The highest BCUT2D eigenvalue weighted by Gasteiger charge is 2.24. The summed E-state index contributed by atoms with van der Waals surface area (Å²) in [5, 5.41) is 15.4. The lowest BCUT2D eigenvalue weighted by Crippen LogP contribution is -2.33. The lowest BCUT2D eigenvalue weighted by Gasteiger charge is -2.29. The minimum absolute atomic E-state index is 0.0452. The monoisotopic (exact) mass is 351 g/mol. The van der Waals surface area contributed by atoms with E-state index < -0.39 is 5.56 Å². The van der Waals surface area contributed by atoms with Gasteiger partial charge in [-0.25, -0.2) is 14.5 Å². The third kappa shape index (κ3) is 2.82. The van der Waals surface area contributed by atoms with Crippen molar-refractivity contribution in [2.24, 2.45) is 0 Å². The molecule has 130 valence electrons. The second kappa shape index (κ2) is 6.40. The van der Waals surface area contributed by atoms with Gasteiger partial charge in [0.2, 0.25) is 0 Å². The SMILES string of the molecule is N#Cc1c(N2CCc3ncn(Cc4cncc(F)c4)c3C2)cn[nH]c1=O. The van der Waals surface area contributed by atoms with Gasteiger partial charge in [-0.15, -0.1) is 0 Å². The van der Waals surface area contributed by atoms with E-state index >= 15 is 0 Å². The van der Waals surface area contributed by atoms with Gasteiger partial charge < -0.3 is 9.47 Å². The number of nitriles is 1. The molecule has 0 radical (unpaired) electrons. The Bertz CT molecular complexity index is 1070. The molecule has 0 fully saturated rings. The molecule has 0 atom stereocenters. The lowest BCUT2D eigenvalue weighted by atomic mass is 10.1. The number of anilines is 1. The predicted octanol–water partition coefficient (Wildman–Crippen LogP) is 0.983. The Morgan fingerprint density at radius 2 is 2.23 bits per heavy atom. The molecule has 1 aliphatic rings. The van der Waals surface area contributed by atoms with E-state index in [0.717, 1.165) is 23.1 Å². The van der Waals surface area contributed by atoms with Gasteiger partial charge in [0.25, 0.3) is 5.56 Å². The van der Waals surface area contributed by atoms with E-state index in [1.54, 1.807) is 12.5 Å². The minimum atomic E-state index is -0.505. The molecule has 0 saturated carbocycles. The van der Waals surface area contributed by atoms with E-state index in [1.165, 1.54) is 12.3 Å². The number of hydrogen-bond acceptors (Lipinski definition) is 6. The van der Waals surface area contributed by atoms with Gasteiger partial charge in [-0.2, -0.15) is 10.4 Å². The van der Waals surface area contributed by atoms with Gasteiger partial charge in [0.15, 0.2) is 0 Å². The number of nitrogens with one attached hydrogen (secondary N) is 1. The molecular formula is C17H14FN7O. The van der Waals surface area contributed by atoms with E-state index in [0.29, 0.717) is 31.7 Å². The van der Waals surface area contributed by atoms with Crippen LogP contribution in [0.3, 0.4) is 0 Å². The van der Waals surface area contributed by atoms with Crippen LogP contribution < -0.4 is 10.5 Å². The molecule has 0 aromatic carbocycles. The van der Waals surface area contributed by atoms with Gasteiger partial charge in [-0.1, -0.05) is 0 Å². The number of hydrogen-bond donors (Lipinski definition) is 1. The quantitative estimate of drug-likeness (QED) is 0.754. The highest BCUT2D eigenvalue weighted by molar-refractivity contribution is 5.57. The maximum atomic E-state index is 13.4. The first-order chi connectivity index (χ1) is 12.7. The van der Waals surface area contributed by atoms with Gasteiger partial charge >= 0.3 is 0 Å². The van der Waals surface area contributed by atoms with E-state index in [2.05, 4.69) is 20.2 Å². The summed E-state index contributed by atoms with van der Waals surface area (Å²) in [6.45, 7) is 1.56. The Balaban J connectivity index is 1.65. The van der Waals surface area contributed by atoms with E-state index in [4.69, 9.17) is 0 Å². The Kier molecular flexibility index (Phi) is 3.93. The van der Waals surface area contributed by atoms with Crippen molar-refractivity contribution >= 4 is 5.69 Å². The molecule has 8 nitrogen and oxygen atoms in total. The molecule has 1 aliphatic heterocycles. The molecule has 26 heavy (non-hydrogen) atoms. The molecule has 0 bridgehead atoms. The van der Waals surface area contributed by atoms with Gasteiger partial charge in [0.05, 0.1) is 48.9 Å². The molecule has 4 rings (SSSR count). The Labute approximate surface area is 147 Å². The second-order valence-electron chi connectivity index (χ2n) is 6.02. The Morgan fingerprint density at radius 3 is 3.04 bits per heavy atom. The van der Waals surface area contributed by atoms with Crippen molar-refractivity contribution < 1.29 is 4.39 Å². The van der Waals surface area contributed by atoms with Crippen molar-refractivity contribution in [2.75, 3.05) is 11.4 Å². The number of pyridine rings is 1. The fraction of sp³-hybridized carbons (Fsp3) is 0.235. The van der Waals surface area contributed by atoms with Gasteiger partial charge in [-0.3, -0.25) is 9.78 Å². The number of nitrogens with zero attached hydrogens (tertiary/aromatic N) is 6. The highest BCUT2D eigenvalue weighted by Crippen LogP contribution is 2.25. The molecule has 0 spiro atoms. The van der Waals surface area contributed by atoms with Crippen LogP contribution >= 0.6 is 0 Å². The highest BCUT2D eigenvalue weighted by atomic mass is 19.1. The summed E-state index contributed by atoms with van der Waals surface area (Å²) in [5.41, 5.74) is 2.70. The fourth-order valence-corrected chi connectivity index (χ4v) is 3.16. The summed E-state index contributed by atoms with van der Waals surface area (Å²) in [7, 11) is 0. The standard InChI is InChI=1S/C17H14FN7O/c18-12-3-11(5-20-6-12)8-25-10-21-14-1-2-24(9-16(14)25)15-7-22-23-17(26)13(15)4-19/h3,5-7,10H,1-2,8-9H2,(H,23,26). The topological polar surface area (TPSA) is 103 Å².